The molecule has 1 unspecified atom stereocenters. The number of carbonyl (C=O) groups is 4. The molecule has 0 saturated carbocycles. The summed E-state index contributed by atoms with van der Waals surface area (Å²) in [6, 6.07) is 14.0. The standard InChI is InChI=1S/C24H26N4O4/c25-22(30)20-10-4-12-27(20)15-16-6-3-7-17(14-16)26-21(29)11-5-13-28-23(31)18-8-1-2-9-19(18)24(28)32/h1-3,6-9,14,20H,4-5,10-13,15H2,(H2,25,30)(H,26,29). The molecule has 2 aliphatic heterocycles. The lowest BCUT2D eigenvalue weighted by Gasteiger charge is -2.22. The Hall–Kier alpha value is -3.52. The number of fused-ring (bicyclic) bond motifs is 1. The van der Waals surface area contributed by atoms with E-state index in [0.717, 1.165) is 24.9 Å². The molecule has 2 aromatic rings. The zero-order chi connectivity index (χ0) is 22.7. The van der Waals surface area contributed by atoms with E-state index in [9.17, 15) is 19.2 Å². The summed E-state index contributed by atoms with van der Waals surface area (Å²) in [6.07, 6.45) is 2.29. The van der Waals surface area contributed by atoms with E-state index in [1.54, 1.807) is 30.3 Å². The van der Waals surface area contributed by atoms with Gasteiger partial charge in [-0.05, 0) is 55.6 Å². The number of nitrogens with two attached hydrogens (primary N) is 1. The lowest BCUT2D eigenvalue weighted by atomic mass is 10.1. The molecule has 0 bridgehead atoms. The van der Waals surface area contributed by atoms with Gasteiger partial charge in [-0.15, -0.1) is 0 Å². The first-order valence-corrected chi connectivity index (χ1v) is 10.8. The minimum absolute atomic E-state index is 0.185. The molecule has 2 heterocycles. The van der Waals surface area contributed by atoms with Crippen molar-refractivity contribution < 1.29 is 19.2 Å². The molecule has 32 heavy (non-hydrogen) atoms. The Kier molecular flexibility index (Phi) is 6.32. The zero-order valence-electron chi connectivity index (χ0n) is 17.8. The molecule has 2 aliphatic rings. The number of anilines is 1. The van der Waals surface area contributed by atoms with Crippen molar-refractivity contribution >= 4 is 29.3 Å². The molecular weight excluding hydrogens is 408 g/mol. The SMILES string of the molecule is NC(=O)C1CCCN1Cc1cccc(NC(=O)CCCN2C(=O)c3ccccc3C2=O)c1. The van der Waals surface area contributed by atoms with Crippen LogP contribution in [0, 0.1) is 0 Å². The quantitative estimate of drug-likeness (QED) is 0.618. The van der Waals surface area contributed by atoms with Gasteiger partial charge in [-0.1, -0.05) is 24.3 Å². The van der Waals surface area contributed by atoms with E-state index >= 15 is 0 Å². The number of benzene rings is 2. The predicted octanol–water partition coefficient (Wildman–Crippen LogP) is 2.15. The molecule has 8 heteroatoms. The fourth-order valence-corrected chi connectivity index (χ4v) is 4.38. The van der Waals surface area contributed by atoms with Crippen LogP contribution < -0.4 is 11.1 Å². The summed E-state index contributed by atoms with van der Waals surface area (Å²) in [7, 11) is 0. The second-order valence-corrected chi connectivity index (χ2v) is 8.19. The van der Waals surface area contributed by atoms with Gasteiger partial charge in [0, 0.05) is 25.2 Å². The van der Waals surface area contributed by atoms with Crippen LogP contribution in [0.1, 0.15) is 52.0 Å². The van der Waals surface area contributed by atoms with E-state index in [-0.39, 0.29) is 42.6 Å². The molecular formula is C24H26N4O4. The highest BCUT2D eigenvalue weighted by molar-refractivity contribution is 6.21. The molecule has 0 radical (unpaired) electrons. The van der Waals surface area contributed by atoms with Crippen LogP contribution in [0.25, 0.3) is 0 Å². The number of amides is 4. The Labute approximate surface area is 186 Å². The van der Waals surface area contributed by atoms with Gasteiger partial charge in [0.25, 0.3) is 11.8 Å². The minimum atomic E-state index is -0.310. The normalized spacial score (nSPS) is 18.1. The van der Waals surface area contributed by atoms with Crippen LogP contribution in [0.2, 0.25) is 0 Å². The van der Waals surface area contributed by atoms with E-state index in [1.807, 2.05) is 18.2 Å². The van der Waals surface area contributed by atoms with Gasteiger partial charge in [-0.25, -0.2) is 0 Å². The van der Waals surface area contributed by atoms with Gasteiger partial charge in [0.15, 0.2) is 0 Å². The Bertz CT molecular complexity index is 1030. The van der Waals surface area contributed by atoms with Gasteiger partial charge in [0.1, 0.15) is 0 Å². The average molecular weight is 434 g/mol. The second kappa shape index (κ2) is 9.32. The number of carbonyl (C=O) groups excluding carboxylic acids is 4. The first-order chi connectivity index (χ1) is 15.4. The number of hydrogen-bond donors (Lipinski definition) is 2. The summed E-state index contributed by atoms with van der Waals surface area (Å²) in [5.41, 5.74) is 7.97. The molecule has 0 aliphatic carbocycles. The Balaban J connectivity index is 1.28. The second-order valence-electron chi connectivity index (χ2n) is 8.19. The van der Waals surface area contributed by atoms with Crippen LogP contribution in [0.4, 0.5) is 5.69 Å². The molecule has 8 nitrogen and oxygen atoms in total. The monoisotopic (exact) mass is 434 g/mol. The van der Waals surface area contributed by atoms with E-state index in [2.05, 4.69) is 10.2 Å². The van der Waals surface area contributed by atoms with E-state index in [0.29, 0.717) is 29.8 Å². The molecule has 1 atom stereocenters. The van der Waals surface area contributed by atoms with Crippen molar-refractivity contribution in [3.05, 3.63) is 65.2 Å². The van der Waals surface area contributed by atoms with Gasteiger partial charge in [-0.2, -0.15) is 0 Å². The van der Waals surface area contributed by atoms with Crippen molar-refractivity contribution in [2.45, 2.75) is 38.3 Å². The Morgan fingerprint density at radius 3 is 2.44 bits per heavy atom. The van der Waals surface area contributed by atoms with Crippen molar-refractivity contribution in [1.82, 2.24) is 9.80 Å². The topological polar surface area (TPSA) is 113 Å². The molecule has 1 saturated heterocycles. The van der Waals surface area contributed by atoms with Gasteiger partial charge in [0.2, 0.25) is 11.8 Å². The van der Waals surface area contributed by atoms with Gasteiger partial charge >= 0.3 is 0 Å². The number of nitrogens with one attached hydrogen (secondary N) is 1. The minimum Gasteiger partial charge on any atom is -0.368 e. The maximum atomic E-state index is 12.4. The molecule has 4 rings (SSSR count). The third-order valence-electron chi connectivity index (χ3n) is 5.95. The summed E-state index contributed by atoms with van der Waals surface area (Å²) in [5.74, 6) is -1.11. The van der Waals surface area contributed by atoms with E-state index < -0.39 is 0 Å². The number of rotatable bonds is 8. The third-order valence-corrected chi connectivity index (χ3v) is 5.95. The summed E-state index contributed by atoms with van der Waals surface area (Å²) >= 11 is 0. The molecule has 4 amide bonds. The molecule has 2 aromatic carbocycles. The van der Waals surface area contributed by atoms with Gasteiger partial charge in [-0.3, -0.25) is 29.0 Å². The lowest BCUT2D eigenvalue weighted by molar-refractivity contribution is -0.122. The fraction of sp³-hybridized carbons (Fsp3) is 0.333. The third kappa shape index (κ3) is 4.55. The van der Waals surface area contributed by atoms with Crippen LogP contribution >= 0.6 is 0 Å². The highest BCUT2D eigenvalue weighted by atomic mass is 16.2. The fourth-order valence-electron chi connectivity index (χ4n) is 4.38. The van der Waals surface area contributed by atoms with E-state index in [1.165, 1.54) is 4.90 Å². The van der Waals surface area contributed by atoms with Gasteiger partial charge in [0.05, 0.1) is 17.2 Å². The molecule has 0 aromatic heterocycles. The number of likely N-dealkylation sites (tertiary alicyclic amines) is 1. The highest BCUT2D eigenvalue weighted by Gasteiger charge is 2.34. The Morgan fingerprint density at radius 2 is 1.75 bits per heavy atom. The summed E-state index contributed by atoms with van der Waals surface area (Å²) in [6.45, 7) is 1.61. The Morgan fingerprint density at radius 1 is 1.03 bits per heavy atom. The number of nitrogens with zero attached hydrogens (tertiary/aromatic N) is 2. The molecule has 1 fully saturated rings. The van der Waals surface area contributed by atoms with Crippen LogP contribution in [0.15, 0.2) is 48.5 Å². The van der Waals surface area contributed by atoms with Crippen molar-refractivity contribution in [2.24, 2.45) is 5.73 Å². The molecule has 0 spiro atoms. The first kappa shape index (κ1) is 21.7. The smallest absolute Gasteiger partial charge is 0.261 e. The maximum absolute atomic E-state index is 12.4. The first-order valence-electron chi connectivity index (χ1n) is 10.8. The van der Waals surface area contributed by atoms with Crippen LogP contribution in [0.5, 0.6) is 0 Å². The number of imide groups is 1. The van der Waals surface area contributed by atoms with Crippen LogP contribution in [-0.2, 0) is 16.1 Å². The summed E-state index contributed by atoms with van der Waals surface area (Å²) in [4.78, 5) is 52.0. The lowest BCUT2D eigenvalue weighted by Crippen LogP contribution is -2.39. The van der Waals surface area contributed by atoms with Gasteiger partial charge < -0.3 is 11.1 Å². The average Bonchev–Trinajstić information content (AvgIpc) is 3.33. The summed E-state index contributed by atoms with van der Waals surface area (Å²) < 4.78 is 0. The number of primary amides is 1. The van der Waals surface area contributed by atoms with Crippen LogP contribution in [-0.4, -0.2) is 52.6 Å². The predicted molar refractivity (Wildman–Crippen MR) is 119 cm³/mol. The van der Waals surface area contributed by atoms with Crippen molar-refractivity contribution in [3.8, 4) is 0 Å². The maximum Gasteiger partial charge on any atom is 0.261 e. The van der Waals surface area contributed by atoms with Crippen molar-refractivity contribution in [2.75, 3.05) is 18.4 Å². The highest BCUT2D eigenvalue weighted by Crippen LogP contribution is 2.23. The van der Waals surface area contributed by atoms with Crippen molar-refractivity contribution in [1.29, 1.82) is 0 Å². The largest absolute Gasteiger partial charge is 0.368 e. The zero-order valence-corrected chi connectivity index (χ0v) is 17.8. The molecule has 166 valence electrons. The number of hydrogen-bond acceptors (Lipinski definition) is 5. The van der Waals surface area contributed by atoms with Crippen molar-refractivity contribution in [3.63, 3.8) is 0 Å². The summed E-state index contributed by atoms with van der Waals surface area (Å²) in [5, 5.41) is 2.87. The molecule has 3 N–H and O–H groups in total. The van der Waals surface area contributed by atoms with E-state index in [4.69, 9.17) is 5.73 Å². The van der Waals surface area contributed by atoms with Crippen LogP contribution in [0.3, 0.4) is 0 Å².